The highest BCUT2D eigenvalue weighted by molar-refractivity contribution is 6.30. The first-order chi connectivity index (χ1) is 15.3. The summed E-state index contributed by atoms with van der Waals surface area (Å²) in [6.45, 7) is 2.53. The zero-order valence-corrected chi connectivity index (χ0v) is 19.4. The Morgan fingerprint density at radius 3 is 2.47 bits per heavy atom. The smallest absolute Gasteiger partial charge is 0.0772 e. The molecule has 2 nitrogen and oxygen atoms in total. The maximum absolute atomic E-state index is 6.47. The molecule has 5 rings (SSSR count). The number of piperidine rings is 1. The Morgan fingerprint density at radius 1 is 0.812 bits per heavy atom. The fourth-order valence-electron chi connectivity index (χ4n) is 4.51. The fraction of sp³-hybridized carbons (Fsp3) is 0.214. The van der Waals surface area contributed by atoms with Crippen molar-refractivity contribution in [2.45, 2.75) is 25.0 Å². The van der Waals surface area contributed by atoms with Crippen LogP contribution in [0.25, 0.3) is 21.9 Å². The lowest BCUT2D eigenvalue weighted by atomic mass is 9.86. The van der Waals surface area contributed by atoms with Gasteiger partial charge in [0.2, 0.25) is 0 Å². The largest absolute Gasteiger partial charge is 0.372 e. The summed E-state index contributed by atoms with van der Waals surface area (Å²) < 4.78 is 6.47. The fourth-order valence-corrected chi connectivity index (χ4v) is 4.64. The minimum absolute atomic E-state index is 0. The molecule has 0 aliphatic carbocycles. The number of benzene rings is 4. The van der Waals surface area contributed by atoms with E-state index < -0.39 is 0 Å². The van der Waals surface area contributed by atoms with Crippen LogP contribution in [0.4, 0.5) is 0 Å². The van der Waals surface area contributed by atoms with Crippen LogP contribution in [-0.2, 0) is 11.3 Å². The lowest BCUT2D eigenvalue weighted by Gasteiger charge is -2.33. The van der Waals surface area contributed by atoms with Crippen LogP contribution in [0.15, 0.2) is 91.0 Å². The Kier molecular flexibility index (Phi) is 7.49. The number of halogens is 2. The molecule has 0 radical (unpaired) electrons. The highest BCUT2D eigenvalue weighted by Crippen LogP contribution is 2.32. The molecule has 0 unspecified atom stereocenters. The van der Waals surface area contributed by atoms with E-state index >= 15 is 0 Å². The zero-order chi connectivity index (χ0) is 21.0. The number of nitrogens with one attached hydrogen (secondary N) is 1. The van der Waals surface area contributed by atoms with E-state index in [9.17, 15) is 0 Å². The molecule has 0 spiro atoms. The second-order valence-corrected chi connectivity index (χ2v) is 8.70. The van der Waals surface area contributed by atoms with Crippen molar-refractivity contribution in [2.75, 3.05) is 13.1 Å². The van der Waals surface area contributed by atoms with E-state index in [0.29, 0.717) is 12.5 Å². The van der Waals surface area contributed by atoms with Gasteiger partial charge in [0, 0.05) is 17.5 Å². The molecular formula is C28H27Cl2NO. The normalized spacial score (nSPS) is 18.3. The lowest BCUT2D eigenvalue weighted by molar-refractivity contribution is 0.0107. The summed E-state index contributed by atoms with van der Waals surface area (Å²) in [7, 11) is 0. The van der Waals surface area contributed by atoms with E-state index in [1.807, 2.05) is 12.1 Å². The van der Waals surface area contributed by atoms with Crippen molar-refractivity contribution in [3.05, 3.63) is 107 Å². The van der Waals surface area contributed by atoms with Crippen LogP contribution in [0.2, 0.25) is 5.02 Å². The molecule has 4 heteroatoms. The van der Waals surface area contributed by atoms with Crippen LogP contribution in [0.1, 0.15) is 23.5 Å². The first-order valence-corrected chi connectivity index (χ1v) is 11.3. The van der Waals surface area contributed by atoms with Crippen LogP contribution < -0.4 is 5.32 Å². The maximum Gasteiger partial charge on any atom is 0.0772 e. The molecule has 1 saturated heterocycles. The Labute approximate surface area is 201 Å². The average molecular weight is 464 g/mol. The van der Waals surface area contributed by atoms with Gasteiger partial charge in [0.15, 0.2) is 0 Å². The van der Waals surface area contributed by atoms with E-state index in [1.165, 1.54) is 33.0 Å². The third kappa shape index (κ3) is 5.16. The third-order valence-electron chi connectivity index (χ3n) is 6.20. The second-order valence-electron chi connectivity index (χ2n) is 8.26. The molecule has 0 saturated carbocycles. The van der Waals surface area contributed by atoms with Gasteiger partial charge in [-0.2, -0.15) is 0 Å². The monoisotopic (exact) mass is 463 g/mol. The number of rotatable bonds is 5. The number of hydrogen-bond acceptors (Lipinski definition) is 2. The van der Waals surface area contributed by atoms with Gasteiger partial charge >= 0.3 is 0 Å². The Balaban J connectivity index is 0.00000245. The third-order valence-corrected chi connectivity index (χ3v) is 6.45. The summed E-state index contributed by atoms with van der Waals surface area (Å²) >= 11 is 6.07. The van der Waals surface area contributed by atoms with Crippen molar-refractivity contribution in [3.8, 4) is 11.1 Å². The minimum Gasteiger partial charge on any atom is -0.372 e. The molecule has 4 aromatic rings. The molecule has 1 aliphatic heterocycles. The van der Waals surface area contributed by atoms with Gasteiger partial charge in [-0.3, -0.25) is 0 Å². The summed E-state index contributed by atoms with van der Waals surface area (Å²) in [5.41, 5.74) is 4.98. The van der Waals surface area contributed by atoms with Crippen molar-refractivity contribution in [1.82, 2.24) is 5.32 Å². The topological polar surface area (TPSA) is 21.3 Å². The molecule has 2 atom stereocenters. The average Bonchev–Trinajstić information content (AvgIpc) is 2.83. The second kappa shape index (κ2) is 10.5. The van der Waals surface area contributed by atoms with Gasteiger partial charge in [-0.05, 0) is 64.2 Å². The van der Waals surface area contributed by atoms with Crippen LogP contribution in [-0.4, -0.2) is 19.2 Å². The van der Waals surface area contributed by atoms with Gasteiger partial charge in [-0.15, -0.1) is 12.4 Å². The molecule has 1 N–H and O–H groups in total. The molecule has 0 aromatic heterocycles. The molecule has 0 bridgehead atoms. The van der Waals surface area contributed by atoms with Crippen LogP contribution in [0, 0.1) is 0 Å². The van der Waals surface area contributed by atoms with Gasteiger partial charge in [-0.25, -0.2) is 0 Å². The summed E-state index contributed by atoms with van der Waals surface area (Å²) in [5, 5.41) is 6.81. The molecule has 0 amide bonds. The first-order valence-electron chi connectivity index (χ1n) is 10.9. The van der Waals surface area contributed by atoms with E-state index in [2.05, 4.69) is 84.2 Å². The van der Waals surface area contributed by atoms with Crippen LogP contribution in [0.5, 0.6) is 0 Å². The van der Waals surface area contributed by atoms with Crippen molar-refractivity contribution in [2.24, 2.45) is 0 Å². The Bertz CT molecular complexity index is 1180. The summed E-state index contributed by atoms with van der Waals surface area (Å²) in [6, 6.07) is 32.0. The molecule has 1 heterocycles. The van der Waals surface area contributed by atoms with Crippen molar-refractivity contribution >= 4 is 34.8 Å². The van der Waals surface area contributed by atoms with Gasteiger partial charge in [0.1, 0.15) is 0 Å². The van der Waals surface area contributed by atoms with Gasteiger partial charge < -0.3 is 10.1 Å². The zero-order valence-electron chi connectivity index (χ0n) is 17.8. The lowest BCUT2D eigenvalue weighted by Crippen LogP contribution is -2.41. The molecule has 1 fully saturated rings. The minimum atomic E-state index is 0. The van der Waals surface area contributed by atoms with Crippen LogP contribution >= 0.6 is 24.0 Å². The SMILES string of the molecule is Cl.Clc1ccc(-c2cccc([C@H]3CCNC[C@@H]3OCc3ccc4ccccc4c3)c2)cc1. The van der Waals surface area contributed by atoms with E-state index in [4.69, 9.17) is 16.3 Å². The predicted octanol–water partition coefficient (Wildman–Crippen LogP) is 7.24. The summed E-state index contributed by atoms with van der Waals surface area (Å²) in [4.78, 5) is 0. The number of fused-ring (bicyclic) bond motifs is 1. The van der Waals surface area contributed by atoms with Gasteiger partial charge in [0.25, 0.3) is 0 Å². The standard InChI is InChI=1S/C28H26ClNO.ClH/c29-26-12-10-22(11-13-26)24-6-3-7-25(17-24)27-14-15-30-18-28(27)31-19-20-8-9-21-4-1-2-5-23(21)16-20;/h1-13,16-17,27-28,30H,14-15,18-19H2;1H/t27-,28+;/m1./s1. The van der Waals surface area contributed by atoms with Gasteiger partial charge in [0.05, 0.1) is 12.7 Å². The maximum atomic E-state index is 6.47. The molecule has 32 heavy (non-hydrogen) atoms. The highest BCUT2D eigenvalue weighted by atomic mass is 35.5. The predicted molar refractivity (Wildman–Crippen MR) is 137 cm³/mol. The van der Waals surface area contributed by atoms with Crippen molar-refractivity contribution < 1.29 is 4.74 Å². The van der Waals surface area contributed by atoms with Gasteiger partial charge in [-0.1, -0.05) is 84.4 Å². The Hall–Kier alpha value is -2.36. The highest BCUT2D eigenvalue weighted by Gasteiger charge is 2.27. The summed E-state index contributed by atoms with van der Waals surface area (Å²) in [5.74, 6) is 0.383. The van der Waals surface area contributed by atoms with Crippen molar-refractivity contribution in [3.63, 3.8) is 0 Å². The first kappa shape index (κ1) is 22.8. The summed E-state index contributed by atoms with van der Waals surface area (Å²) in [6.07, 6.45) is 1.23. The molecule has 1 aliphatic rings. The van der Waals surface area contributed by atoms with E-state index in [1.54, 1.807) is 0 Å². The molecule has 164 valence electrons. The number of ether oxygens (including phenoxy) is 1. The molecular weight excluding hydrogens is 437 g/mol. The number of hydrogen-bond donors (Lipinski definition) is 1. The Morgan fingerprint density at radius 2 is 1.62 bits per heavy atom. The van der Waals surface area contributed by atoms with Crippen molar-refractivity contribution in [1.29, 1.82) is 0 Å². The molecule has 4 aromatic carbocycles. The van der Waals surface area contributed by atoms with E-state index in [-0.39, 0.29) is 18.5 Å². The van der Waals surface area contributed by atoms with E-state index in [0.717, 1.165) is 24.5 Å². The quantitative estimate of drug-likeness (QED) is 0.336. The van der Waals surface area contributed by atoms with Crippen LogP contribution in [0.3, 0.4) is 0 Å².